The van der Waals surface area contributed by atoms with Crippen molar-refractivity contribution in [2.24, 2.45) is 0 Å². The number of para-hydroxylation sites is 1. The molecule has 1 aromatic heterocycles. The Morgan fingerprint density at radius 3 is 2.81 bits per heavy atom. The van der Waals surface area contributed by atoms with Crippen LogP contribution in [0.2, 0.25) is 0 Å². The molecule has 0 radical (unpaired) electrons. The van der Waals surface area contributed by atoms with Crippen LogP contribution in [0.5, 0.6) is 0 Å². The lowest BCUT2D eigenvalue weighted by atomic mass is 10.1. The fourth-order valence-corrected chi connectivity index (χ4v) is 4.14. The van der Waals surface area contributed by atoms with E-state index in [0.717, 1.165) is 31.3 Å². The molecule has 0 bridgehead atoms. The second-order valence-corrected chi connectivity index (χ2v) is 7.41. The Labute approximate surface area is 124 Å². The topological polar surface area (TPSA) is 75.4 Å². The zero-order chi connectivity index (χ0) is 14.9. The normalized spacial score (nSPS) is 17.6. The van der Waals surface area contributed by atoms with Gasteiger partial charge in [0.25, 0.3) is 0 Å². The van der Waals surface area contributed by atoms with Crippen molar-refractivity contribution in [3.8, 4) is 0 Å². The van der Waals surface area contributed by atoms with Crippen LogP contribution in [-0.4, -0.2) is 44.1 Å². The van der Waals surface area contributed by atoms with E-state index in [-0.39, 0.29) is 11.8 Å². The van der Waals surface area contributed by atoms with Gasteiger partial charge in [-0.25, -0.2) is 12.7 Å². The van der Waals surface area contributed by atoms with Crippen molar-refractivity contribution in [1.82, 2.24) is 14.8 Å². The van der Waals surface area contributed by atoms with Gasteiger partial charge in [0.15, 0.2) is 5.58 Å². The third-order valence-corrected chi connectivity index (χ3v) is 5.85. The summed E-state index contributed by atoms with van der Waals surface area (Å²) in [6.07, 6.45) is 1.69. The number of sulfonamides is 1. The molecule has 6 nitrogen and oxygen atoms in total. The van der Waals surface area contributed by atoms with Crippen molar-refractivity contribution in [1.29, 1.82) is 0 Å². The highest BCUT2D eigenvalue weighted by Crippen LogP contribution is 2.22. The first-order valence-corrected chi connectivity index (χ1v) is 8.68. The average molecular weight is 309 g/mol. The van der Waals surface area contributed by atoms with E-state index < -0.39 is 10.0 Å². The average Bonchev–Trinajstić information content (AvgIpc) is 2.90. The molecular formula is C14H19N3O3S. The Kier molecular flexibility index (Phi) is 3.97. The predicted octanol–water partition coefficient (Wildman–Crippen LogP) is 1.34. The second kappa shape index (κ2) is 5.75. The summed E-state index contributed by atoms with van der Waals surface area (Å²) in [6.45, 7) is 1.72. The van der Waals surface area contributed by atoms with Gasteiger partial charge < -0.3 is 9.84 Å². The maximum atomic E-state index is 12.6. The zero-order valence-electron chi connectivity index (χ0n) is 11.9. The molecule has 1 aromatic carbocycles. The fraction of sp³-hybridized carbons (Fsp3) is 0.500. The van der Waals surface area contributed by atoms with Gasteiger partial charge in [-0.05, 0) is 38.1 Å². The lowest BCUT2D eigenvalue weighted by molar-refractivity contribution is 0.296. The molecular weight excluding hydrogens is 290 g/mol. The SMILES string of the molecule is CN(C1CCNCC1)S(=O)(=O)Cc1noc2ccccc12. The third-order valence-electron chi connectivity index (χ3n) is 4.03. The van der Waals surface area contributed by atoms with Gasteiger partial charge in [0.2, 0.25) is 10.0 Å². The molecule has 0 saturated carbocycles. The molecule has 3 rings (SSSR count). The number of aromatic nitrogens is 1. The van der Waals surface area contributed by atoms with Crippen LogP contribution < -0.4 is 5.32 Å². The van der Waals surface area contributed by atoms with E-state index in [4.69, 9.17) is 4.52 Å². The smallest absolute Gasteiger partial charge is 0.220 e. The summed E-state index contributed by atoms with van der Waals surface area (Å²) in [7, 11) is -1.73. The summed E-state index contributed by atoms with van der Waals surface area (Å²) in [5, 5.41) is 7.92. The third kappa shape index (κ3) is 2.95. The van der Waals surface area contributed by atoms with Crippen LogP contribution in [0.1, 0.15) is 18.5 Å². The molecule has 0 amide bonds. The van der Waals surface area contributed by atoms with Crippen molar-refractivity contribution in [3.63, 3.8) is 0 Å². The zero-order valence-corrected chi connectivity index (χ0v) is 12.8. The quantitative estimate of drug-likeness (QED) is 0.922. The largest absolute Gasteiger partial charge is 0.356 e. The standard InChI is InChI=1S/C14H19N3O3S/c1-17(11-6-8-15-9-7-11)21(18,19)10-13-12-4-2-3-5-14(12)20-16-13/h2-5,11,15H,6-10H2,1H3. The van der Waals surface area contributed by atoms with Gasteiger partial charge in [-0.3, -0.25) is 0 Å². The lowest BCUT2D eigenvalue weighted by Gasteiger charge is -2.30. The highest BCUT2D eigenvalue weighted by Gasteiger charge is 2.29. The van der Waals surface area contributed by atoms with Crippen LogP contribution in [0.15, 0.2) is 28.8 Å². The molecule has 7 heteroatoms. The van der Waals surface area contributed by atoms with Crippen molar-refractivity contribution >= 4 is 21.0 Å². The molecule has 1 saturated heterocycles. The van der Waals surface area contributed by atoms with Crippen LogP contribution in [0.25, 0.3) is 11.0 Å². The summed E-state index contributed by atoms with van der Waals surface area (Å²) in [4.78, 5) is 0. The molecule has 21 heavy (non-hydrogen) atoms. The van der Waals surface area contributed by atoms with Crippen molar-refractivity contribution in [2.45, 2.75) is 24.6 Å². The number of nitrogens with zero attached hydrogens (tertiary/aromatic N) is 2. The number of benzene rings is 1. The summed E-state index contributed by atoms with van der Waals surface area (Å²) in [6, 6.07) is 7.38. The van der Waals surface area contributed by atoms with Gasteiger partial charge in [0.05, 0.1) is 0 Å². The van der Waals surface area contributed by atoms with Gasteiger partial charge >= 0.3 is 0 Å². The minimum Gasteiger partial charge on any atom is -0.356 e. The van der Waals surface area contributed by atoms with E-state index in [2.05, 4.69) is 10.5 Å². The van der Waals surface area contributed by atoms with Gasteiger partial charge in [0.1, 0.15) is 11.4 Å². The van der Waals surface area contributed by atoms with Crippen LogP contribution in [0.3, 0.4) is 0 Å². The maximum absolute atomic E-state index is 12.6. The number of piperidine rings is 1. The van der Waals surface area contributed by atoms with Crippen molar-refractivity contribution in [2.75, 3.05) is 20.1 Å². The lowest BCUT2D eigenvalue weighted by Crippen LogP contribution is -2.44. The Morgan fingerprint density at radius 2 is 2.05 bits per heavy atom. The highest BCUT2D eigenvalue weighted by molar-refractivity contribution is 7.88. The summed E-state index contributed by atoms with van der Waals surface area (Å²) in [5.74, 6) is -0.121. The number of rotatable bonds is 4. The second-order valence-electron chi connectivity index (χ2n) is 5.38. The molecule has 114 valence electrons. The Hall–Kier alpha value is -1.44. The van der Waals surface area contributed by atoms with Gasteiger partial charge in [0, 0.05) is 18.5 Å². The first kappa shape index (κ1) is 14.5. The Bertz CT molecular complexity index is 720. The van der Waals surface area contributed by atoms with E-state index >= 15 is 0 Å². The first-order chi connectivity index (χ1) is 10.1. The highest BCUT2D eigenvalue weighted by atomic mass is 32.2. The van der Waals surface area contributed by atoms with E-state index in [1.54, 1.807) is 13.1 Å². The van der Waals surface area contributed by atoms with Crippen LogP contribution in [0, 0.1) is 0 Å². The molecule has 1 fully saturated rings. The number of fused-ring (bicyclic) bond motifs is 1. The maximum Gasteiger partial charge on any atom is 0.220 e. The summed E-state index contributed by atoms with van der Waals surface area (Å²) in [5.41, 5.74) is 1.10. The molecule has 2 aromatic rings. The monoisotopic (exact) mass is 309 g/mol. The van der Waals surface area contributed by atoms with Crippen LogP contribution >= 0.6 is 0 Å². The fourth-order valence-electron chi connectivity index (χ4n) is 2.71. The Balaban J connectivity index is 1.82. The molecule has 0 spiro atoms. The number of hydrogen-bond donors (Lipinski definition) is 1. The molecule has 0 aliphatic carbocycles. The minimum absolute atomic E-state index is 0.0643. The van der Waals surface area contributed by atoms with Crippen molar-refractivity contribution in [3.05, 3.63) is 30.0 Å². The van der Waals surface area contributed by atoms with Gasteiger partial charge in [-0.15, -0.1) is 0 Å². The minimum atomic E-state index is -3.39. The first-order valence-electron chi connectivity index (χ1n) is 7.07. The molecule has 0 atom stereocenters. The number of nitrogens with one attached hydrogen (secondary N) is 1. The van der Waals surface area contributed by atoms with Gasteiger partial charge in [-0.2, -0.15) is 0 Å². The molecule has 2 heterocycles. The van der Waals surface area contributed by atoms with Gasteiger partial charge in [-0.1, -0.05) is 17.3 Å². The summed E-state index contributed by atoms with van der Waals surface area (Å²) >= 11 is 0. The molecule has 1 N–H and O–H groups in total. The van der Waals surface area contributed by atoms with E-state index in [0.29, 0.717) is 11.3 Å². The van der Waals surface area contributed by atoms with E-state index in [9.17, 15) is 8.42 Å². The van der Waals surface area contributed by atoms with E-state index in [1.807, 2.05) is 18.2 Å². The van der Waals surface area contributed by atoms with E-state index in [1.165, 1.54) is 4.31 Å². The molecule has 1 aliphatic heterocycles. The Morgan fingerprint density at radius 1 is 1.33 bits per heavy atom. The summed E-state index contributed by atoms with van der Waals surface area (Å²) < 4.78 is 31.8. The number of hydrogen-bond acceptors (Lipinski definition) is 5. The van der Waals surface area contributed by atoms with Crippen molar-refractivity contribution < 1.29 is 12.9 Å². The molecule has 1 aliphatic rings. The van der Waals surface area contributed by atoms with Crippen LogP contribution in [0.4, 0.5) is 0 Å². The van der Waals surface area contributed by atoms with Crippen LogP contribution in [-0.2, 0) is 15.8 Å². The molecule has 0 unspecified atom stereocenters. The predicted molar refractivity (Wildman–Crippen MR) is 80.3 cm³/mol.